The fourth-order valence-electron chi connectivity index (χ4n) is 2.06. The van der Waals surface area contributed by atoms with E-state index in [1.807, 2.05) is 5.43 Å². The lowest BCUT2D eigenvalue weighted by Gasteiger charge is -2.14. The highest BCUT2D eigenvalue weighted by atomic mass is 32.1. The van der Waals surface area contributed by atoms with Gasteiger partial charge in [-0.15, -0.1) is 0 Å². The summed E-state index contributed by atoms with van der Waals surface area (Å²) in [6.07, 6.45) is -1.22. The number of nitrogens with one attached hydrogen (secondary N) is 2. The quantitative estimate of drug-likeness (QED) is 0.256. The first-order valence-corrected chi connectivity index (χ1v) is 7.25. The van der Waals surface area contributed by atoms with E-state index >= 15 is 0 Å². The number of anilines is 1. The fraction of sp³-hybridized carbons (Fsp3) is 0.308. The number of hydrogen-bond donors (Lipinski definition) is 4. The van der Waals surface area contributed by atoms with Crippen molar-refractivity contribution in [2.45, 2.75) is 6.10 Å². The number of ether oxygens (including phenoxy) is 1. The summed E-state index contributed by atoms with van der Waals surface area (Å²) in [5.74, 6) is 3.11. The van der Waals surface area contributed by atoms with Gasteiger partial charge in [-0.1, -0.05) is 0 Å². The first kappa shape index (κ1) is 17.0. The van der Waals surface area contributed by atoms with Gasteiger partial charge in [0.2, 0.25) is 5.91 Å². The molecule has 1 fully saturated rings. The SMILES string of the molecule is NNC(=O)c1ccc(N2C[C@H](CNC(=O)CS)OC2=O)cc1F. The molecule has 0 aromatic heterocycles. The van der Waals surface area contributed by atoms with E-state index in [1.165, 1.54) is 17.0 Å². The van der Waals surface area contributed by atoms with Crippen molar-refractivity contribution in [3.05, 3.63) is 29.6 Å². The molecule has 1 aromatic carbocycles. The minimum atomic E-state index is -0.815. The Labute approximate surface area is 136 Å². The molecule has 10 heteroatoms. The molecule has 1 heterocycles. The average Bonchev–Trinajstić information content (AvgIpc) is 2.92. The molecule has 1 aliphatic heterocycles. The van der Waals surface area contributed by atoms with Gasteiger partial charge >= 0.3 is 6.09 Å². The van der Waals surface area contributed by atoms with Crippen LogP contribution in [0.1, 0.15) is 10.4 Å². The number of benzene rings is 1. The van der Waals surface area contributed by atoms with Crippen molar-refractivity contribution >= 4 is 36.2 Å². The van der Waals surface area contributed by atoms with Crippen molar-refractivity contribution in [1.82, 2.24) is 10.7 Å². The molecule has 0 bridgehead atoms. The molecule has 1 aromatic rings. The second-order valence-electron chi connectivity index (χ2n) is 4.72. The zero-order chi connectivity index (χ0) is 17.0. The van der Waals surface area contributed by atoms with Crippen molar-refractivity contribution in [2.24, 2.45) is 5.84 Å². The van der Waals surface area contributed by atoms with E-state index in [-0.39, 0.29) is 36.0 Å². The number of nitrogens with zero attached hydrogens (tertiary/aromatic N) is 1. The third kappa shape index (κ3) is 3.90. The molecule has 8 nitrogen and oxygen atoms in total. The normalized spacial score (nSPS) is 16.9. The molecule has 0 aliphatic carbocycles. The summed E-state index contributed by atoms with van der Waals surface area (Å²) < 4.78 is 19.0. The minimum absolute atomic E-state index is 0.0280. The average molecular weight is 342 g/mol. The van der Waals surface area contributed by atoms with Crippen molar-refractivity contribution < 1.29 is 23.5 Å². The van der Waals surface area contributed by atoms with Crippen molar-refractivity contribution in [1.29, 1.82) is 0 Å². The van der Waals surface area contributed by atoms with Gasteiger partial charge in [-0.3, -0.25) is 19.9 Å². The molecule has 0 saturated carbocycles. The molecule has 1 saturated heterocycles. The number of rotatable bonds is 5. The van der Waals surface area contributed by atoms with Gasteiger partial charge in [0, 0.05) is 0 Å². The van der Waals surface area contributed by atoms with Gasteiger partial charge < -0.3 is 10.1 Å². The summed E-state index contributed by atoms with van der Waals surface area (Å²) in [4.78, 5) is 35.5. The highest BCUT2D eigenvalue weighted by molar-refractivity contribution is 7.81. The van der Waals surface area contributed by atoms with Crippen LogP contribution in [-0.4, -0.2) is 42.9 Å². The molecule has 2 rings (SSSR count). The lowest BCUT2D eigenvalue weighted by atomic mass is 10.1. The topological polar surface area (TPSA) is 114 Å². The summed E-state index contributed by atoms with van der Waals surface area (Å²) >= 11 is 3.82. The molecule has 124 valence electrons. The van der Waals surface area contributed by atoms with Crippen LogP contribution in [0.5, 0.6) is 0 Å². The van der Waals surface area contributed by atoms with Gasteiger partial charge in [0.15, 0.2) is 0 Å². The van der Waals surface area contributed by atoms with Gasteiger partial charge in [-0.2, -0.15) is 12.6 Å². The highest BCUT2D eigenvalue weighted by Gasteiger charge is 2.33. The lowest BCUT2D eigenvalue weighted by Crippen LogP contribution is -2.35. The molecular formula is C13H15FN4O4S. The lowest BCUT2D eigenvalue weighted by molar-refractivity contribution is -0.118. The predicted molar refractivity (Wildman–Crippen MR) is 82.5 cm³/mol. The Morgan fingerprint density at radius 1 is 1.48 bits per heavy atom. The summed E-state index contributed by atoms with van der Waals surface area (Å²) in [6, 6.07) is 3.67. The van der Waals surface area contributed by atoms with Crippen molar-refractivity contribution in [2.75, 3.05) is 23.7 Å². The third-order valence-corrected chi connectivity index (χ3v) is 3.47. The van der Waals surface area contributed by atoms with Crippen LogP contribution in [0, 0.1) is 5.82 Å². The summed E-state index contributed by atoms with van der Waals surface area (Å²) in [5, 5.41) is 2.55. The van der Waals surface area contributed by atoms with E-state index in [0.717, 1.165) is 6.07 Å². The molecule has 0 radical (unpaired) electrons. The maximum Gasteiger partial charge on any atom is 0.414 e. The van der Waals surface area contributed by atoms with Crippen LogP contribution < -0.4 is 21.5 Å². The Morgan fingerprint density at radius 2 is 2.22 bits per heavy atom. The number of amides is 3. The maximum atomic E-state index is 13.9. The van der Waals surface area contributed by atoms with Crippen LogP contribution in [0.2, 0.25) is 0 Å². The Balaban J connectivity index is 2.07. The summed E-state index contributed by atoms with van der Waals surface area (Å²) in [6.45, 7) is 0.283. The van der Waals surface area contributed by atoms with E-state index in [9.17, 15) is 18.8 Å². The van der Waals surface area contributed by atoms with E-state index < -0.39 is 23.9 Å². The van der Waals surface area contributed by atoms with E-state index in [0.29, 0.717) is 0 Å². The van der Waals surface area contributed by atoms with E-state index in [2.05, 4.69) is 17.9 Å². The van der Waals surface area contributed by atoms with Gasteiger partial charge in [0.05, 0.1) is 30.1 Å². The number of hydrogen-bond acceptors (Lipinski definition) is 6. The van der Waals surface area contributed by atoms with Crippen LogP contribution >= 0.6 is 12.6 Å². The number of hydrazine groups is 1. The minimum Gasteiger partial charge on any atom is -0.442 e. The van der Waals surface area contributed by atoms with E-state index in [4.69, 9.17) is 10.6 Å². The standard InChI is InChI=1S/C13H15FN4O4S/c14-10-3-7(1-2-9(10)12(20)17-15)18-5-8(22-13(18)21)4-16-11(19)6-23/h1-3,8,23H,4-6,15H2,(H,16,19)(H,17,20)/t8-/m0/s1. The molecule has 0 spiro atoms. The molecular weight excluding hydrogens is 327 g/mol. The molecule has 23 heavy (non-hydrogen) atoms. The smallest absolute Gasteiger partial charge is 0.414 e. The summed E-state index contributed by atoms with van der Waals surface area (Å²) in [5.41, 5.74) is 1.83. The number of nitrogen functional groups attached to an aromatic ring is 1. The second-order valence-corrected chi connectivity index (χ2v) is 5.03. The molecule has 1 aliphatic rings. The Bertz CT molecular complexity index is 642. The Hall–Kier alpha value is -2.33. The van der Waals surface area contributed by atoms with E-state index in [1.54, 1.807) is 0 Å². The fourth-order valence-corrected chi connectivity index (χ4v) is 2.17. The Kier molecular flexibility index (Phi) is 5.40. The van der Waals surface area contributed by atoms with Crippen LogP contribution in [0.4, 0.5) is 14.9 Å². The zero-order valence-electron chi connectivity index (χ0n) is 11.9. The molecule has 4 N–H and O–H groups in total. The van der Waals surface area contributed by atoms with Crippen molar-refractivity contribution in [3.63, 3.8) is 0 Å². The first-order valence-electron chi connectivity index (χ1n) is 6.62. The Morgan fingerprint density at radius 3 is 2.83 bits per heavy atom. The van der Waals surface area contributed by atoms with Crippen LogP contribution in [0.3, 0.4) is 0 Å². The maximum absolute atomic E-state index is 13.9. The van der Waals surface area contributed by atoms with Crippen molar-refractivity contribution in [3.8, 4) is 0 Å². The molecule has 3 amide bonds. The van der Waals surface area contributed by atoms with Crippen LogP contribution in [0.15, 0.2) is 18.2 Å². The van der Waals surface area contributed by atoms with Gasteiger partial charge in [0.25, 0.3) is 5.91 Å². The van der Waals surface area contributed by atoms with Crippen LogP contribution in [-0.2, 0) is 9.53 Å². The zero-order valence-corrected chi connectivity index (χ0v) is 12.8. The molecule has 0 unspecified atom stereocenters. The van der Waals surface area contributed by atoms with Crippen LogP contribution in [0.25, 0.3) is 0 Å². The first-order chi connectivity index (χ1) is 11.0. The van der Waals surface area contributed by atoms with Gasteiger partial charge in [-0.05, 0) is 18.2 Å². The third-order valence-electron chi connectivity index (χ3n) is 3.18. The number of carbonyl (C=O) groups excluding carboxylic acids is 3. The second kappa shape index (κ2) is 7.29. The molecule has 1 atom stereocenters. The summed E-state index contributed by atoms with van der Waals surface area (Å²) in [7, 11) is 0. The number of thiol groups is 1. The number of halogens is 1. The largest absolute Gasteiger partial charge is 0.442 e. The van der Waals surface area contributed by atoms with Gasteiger partial charge in [-0.25, -0.2) is 15.0 Å². The monoisotopic (exact) mass is 342 g/mol. The number of nitrogens with two attached hydrogens (primary N) is 1. The number of carbonyl (C=O) groups is 3. The predicted octanol–water partition coefficient (Wildman–Crippen LogP) is -0.200. The van der Waals surface area contributed by atoms with Gasteiger partial charge in [0.1, 0.15) is 11.9 Å². The highest BCUT2D eigenvalue weighted by Crippen LogP contribution is 2.23. The number of cyclic esters (lactones) is 1.